The monoisotopic (exact) mass is 301 g/mol. The van der Waals surface area contributed by atoms with Crippen LogP contribution in [-0.4, -0.2) is 22.0 Å². The number of benzene rings is 1. The van der Waals surface area contributed by atoms with Crippen LogP contribution in [-0.2, 0) is 17.8 Å². The third-order valence-electron chi connectivity index (χ3n) is 3.25. The minimum absolute atomic E-state index is 0.0228. The summed E-state index contributed by atoms with van der Waals surface area (Å²) < 4.78 is 1.64. The second-order valence-corrected chi connectivity index (χ2v) is 5.74. The number of imidazole rings is 1. The molecule has 1 aromatic carbocycles. The predicted octanol–water partition coefficient (Wildman–Crippen LogP) is 1.75. The lowest BCUT2D eigenvalue weighted by molar-refractivity contribution is -0.120. The summed E-state index contributed by atoms with van der Waals surface area (Å²) in [6.45, 7) is 0.894. The number of aromatic nitrogens is 2. The zero-order valence-electron chi connectivity index (χ0n) is 11.3. The molecule has 0 aliphatic rings. The lowest BCUT2D eigenvalue weighted by atomic mass is 10.3. The van der Waals surface area contributed by atoms with Crippen molar-refractivity contribution in [1.29, 1.82) is 0 Å². The van der Waals surface area contributed by atoms with E-state index in [-0.39, 0.29) is 11.6 Å². The van der Waals surface area contributed by atoms with Crippen molar-refractivity contribution in [2.75, 3.05) is 6.54 Å². The smallest absolute Gasteiger partial charge is 0.326 e. The zero-order valence-corrected chi connectivity index (χ0v) is 12.2. The van der Waals surface area contributed by atoms with Crippen LogP contribution >= 0.6 is 11.3 Å². The van der Waals surface area contributed by atoms with Crippen LogP contribution in [0.15, 0.2) is 46.6 Å². The molecule has 2 N–H and O–H groups in total. The van der Waals surface area contributed by atoms with Gasteiger partial charge in [0.05, 0.1) is 17.5 Å². The van der Waals surface area contributed by atoms with Gasteiger partial charge in [-0.2, -0.15) is 0 Å². The summed E-state index contributed by atoms with van der Waals surface area (Å²) in [5, 5.41) is 4.80. The van der Waals surface area contributed by atoms with E-state index < -0.39 is 0 Å². The quantitative estimate of drug-likeness (QED) is 0.754. The fourth-order valence-corrected chi connectivity index (χ4v) is 2.97. The first kappa shape index (κ1) is 13.6. The van der Waals surface area contributed by atoms with Gasteiger partial charge in [-0.25, -0.2) is 4.79 Å². The Balaban J connectivity index is 1.61. The van der Waals surface area contributed by atoms with Crippen molar-refractivity contribution in [3.05, 3.63) is 57.1 Å². The Labute approximate surface area is 125 Å². The fraction of sp³-hybridized carbons (Fsp3) is 0.200. The number of hydrogen-bond acceptors (Lipinski definition) is 3. The maximum Gasteiger partial charge on any atom is 0.326 e. The van der Waals surface area contributed by atoms with Gasteiger partial charge >= 0.3 is 5.69 Å². The third-order valence-corrected chi connectivity index (χ3v) is 4.13. The van der Waals surface area contributed by atoms with Crippen LogP contribution in [0.2, 0.25) is 0 Å². The molecule has 5 nitrogen and oxygen atoms in total. The number of aromatic amines is 1. The molecular formula is C15H15N3O2S. The summed E-state index contributed by atoms with van der Waals surface area (Å²) in [5.41, 5.74) is 1.52. The summed E-state index contributed by atoms with van der Waals surface area (Å²) in [7, 11) is 0. The van der Waals surface area contributed by atoms with Crippen LogP contribution in [0, 0.1) is 0 Å². The van der Waals surface area contributed by atoms with Crippen LogP contribution in [0.25, 0.3) is 11.0 Å². The van der Waals surface area contributed by atoms with E-state index in [0.717, 1.165) is 15.9 Å². The highest BCUT2D eigenvalue weighted by molar-refractivity contribution is 7.10. The number of thiophene rings is 1. The second-order valence-electron chi connectivity index (χ2n) is 4.71. The van der Waals surface area contributed by atoms with E-state index in [4.69, 9.17) is 0 Å². The van der Waals surface area contributed by atoms with E-state index in [2.05, 4.69) is 10.3 Å². The van der Waals surface area contributed by atoms with Crippen molar-refractivity contribution in [1.82, 2.24) is 14.9 Å². The van der Waals surface area contributed by atoms with Gasteiger partial charge in [0.1, 0.15) is 0 Å². The number of amides is 1. The number of carbonyl (C=O) groups is 1. The van der Waals surface area contributed by atoms with E-state index in [9.17, 15) is 9.59 Å². The molecule has 0 aliphatic heterocycles. The molecule has 108 valence electrons. The molecule has 0 fully saturated rings. The Morgan fingerprint density at radius 3 is 2.90 bits per heavy atom. The summed E-state index contributed by atoms with van der Waals surface area (Å²) in [4.78, 5) is 27.5. The van der Waals surface area contributed by atoms with Crippen molar-refractivity contribution < 1.29 is 4.79 Å². The van der Waals surface area contributed by atoms with Crippen molar-refractivity contribution in [2.45, 2.75) is 13.0 Å². The Morgan fingerprint density at radius 2 is 2.10 bits per heavy atom. The summed E-state index contributed by atoms with van der Waals surface area (Å²) in [6, 6.07) is 11.4. The summed E-state index contributed by atoms with van der Waals surface area (Å²) >= 11 is 1.57. The van der Waals surface area contributed by atoms with Gasteiger partial charge in [0.2, 0.25) is 5.91 Å². The maximum absolute atomic E-state index is 11.9. The Hall–Kier alpha value is -2.34. The minimum atomic E-state index is -0.149. The van der Waals surface area contributed by atoms with E-state index >= 15 is 0 Å². The van der Waals surface area contributed by atoms with Crippen molar-refractivity contribution in [3.8, 4) is 0 Å². The first-order valence-electron chi connectivity index (χ1n) is 6.70. The van der Waals surface area contributed by atoms with E-state index in [0.29, 0.717) is 19.5 Å². The number of nitrogens with one attached hydrogen (secondary N) is 2. The highest BCUT2D eigenvalue weighted by Crippen LogP contribution is 2.09. The van der Waals surface area contributed by atoms with Gasteiger partial charge in [-0.1, -0.05) is 18.2 Å². The minimum Gasteiger partial charge on any atom is -0.354 e. The number of fused-ring (bicyclic) bond motifs is 1. The molecule has 2 heterocycles. The molecule has 0 bridgehead atoms. The summed E-state index contributed by atoms with van der Waals surface area (Å²) in [6.07, 6.45) is 0.389. The number of carbonyl (C=O) groups excluding carboxylic acids is 1. The molecule has 0 spiro atoms. The largest absolute Gasteiger partial charge is 0.354 e. The molecule has 0 atom stereocenters. The number of para-hydroxylation sites is 2. The average Bonchev–Trinajstić information content (AvgIpc) is 3.07. The van der Waals surface area contributed by atoms with E-state index in [1.54, 1.807) is 15.9 Å². The molecule has 3 rings (SSSR count). The van der Waals surface area contributed by atoms with Gasteiger partial charge in [-0.15, -0.1) is 11.3 Å². The van der Waals surface area contributed by atoms with Gasteiger partial charge in [-0.3, -0.25) is 9.36 Å². The second kappa shape index (κ2) is 5.97. The Morgan fingerprint density at radius 1 is 1.24 bits per heavy atom. The van der Waals surface area contributed by atoms with Crippen LogP contribution in [0.4, 0.5) is 0 Å². The van der Waals surface area contributed by atoms with Gasteiger partial charge in [0.15, 0.2) is 0 Å². The number of rotatable bonds is 5. The Bertz CT molecular complexity index is 802. The van der Waals surface area contributed by atoms with Gasteiger partial charge in [-0.05, 0) is 23.6 Å². The molecule has 0 unspecified atom stereocenters. The average molecular weight is 301 g/mol. The summed E-state index contributed by atoms with van der Waals surface area (Å²) in [5.74, 6) is -0.0228. The van der Waals surface area contributed by atoms with Gasteiger partial charge < -0.3 is 10.3 Å². The Kier molecular flexibility index (Phi) is 3.87. The molecule has 21 heavy (non-hydrogen) atoms. The standard InChI is InChI=1S/C15H15N3O2S/c19-14(10-11-4-3-9-21-11)16-7-8-18-13-6-2-1-5-12(13)17-15(18)20/h1-6,9H,7-8,10H2,(H,16,19)(H,17,20). The number of nitrogens with zero attached hydrogens (tertiary/aromatic N) is 1. The van der Waals surface area contributed by atoms with Crippen molar-refractivity contribution in [3.63, 3.8) is 0 Å². The molecule has 0 radical (unpaired) electrons. The predicted molar refractivity (Wildman–Crippen MR) is 83.6 cm³/mol. The molecule has 0 saturated heterocycles. The highest BCUT2D eigenvalue weighted by Gasteiger charge is 2.07. The topological polar surface area (TPSA) is 66.9 Å². The van der Waals surface area contributed by atoms with E-state index in [1.807, 2.05) is 41.8 Å². The zero-order chi connectivity index (χ0) is 14.7. The van der Waals surface area contributed by atoms with Crippen LogP contribution < -0.4 is 11.0 Å². The van der Waals surface area contributed by atoms with Crippen LogP contribution in [0.5, 0.6) is 0 Å². The maximum atomic E-state index is 11.9. The molecule has 2 aromatic heterocycles. The van der Waals surface area contributed by atoms with Crippen molar-refractivity contribution >= 4 is 28.3 Å². The molecule has 6 heteroatoms. The third kappa shape index (κ3) is 3.05. The highest BCUT2D eigenvalue weighted by atomic mass is 32.1. The van der Waals surface area contributed by atoms with Crippen LogP contribution in [0.1, 0.15) is 4.88 Å². The first-order valence-corrected chi connectivity index (χ1v) is 7.58. The van der Waals surface area contributed by atoms with Crippen molar-refractivity contribution in [2.24, 2.45) is 0 Å². The first-order chi connectivity index (χ1) is 10.2. The lowest BCUT2D eigenvalue weighted by Gasteiger charge is -2.05. The molecule has 1 amide bonds. The fourth-order valence-electron chi connectivity index (χ4n) is 2.27. The lowest BCUT2D eigenvalue weighted by Crippen LogP contribution is -2.30. The van der Waals surface area contributed by atoms with Gasteiger partial charge in [0, 0.05) is 18.0 Å². The molecular weight excluding hydrogens is 286 g/mol. The molecule has 0 aliphatic carbocycles. The number of hydrogen-bond donors (Lipinski definition) is 2. The normalized spacial score (nSPS) is 10.9. The molecule has 0 saturated carbocycles. The van der Waals surface area contributed by atoms with Gasteiger partial charge in [0.25, 0.3) is 0 Å². The number of H-pyrrole nitrogens is 1. The molecule has 3 aromatic rings. The van der Waals surface area contributed by atoms with Crippen LogP contribution in [0.3, 0.4) is 0 Å². The van der Waals surface area contributed by atoms with E-state index in [1.165, 1.54) is 0 Å². The SMILES string of the molecule is O=C(Cc1cccs1)NCCn1c(=O)[nH]c2ccccc21.